The van der Waals surface area contributed by atoms with Crippen LogP contribution in [0.2, 0.25) is 5.02 Å². The van der Waals surface area contributed by atoms with E-state index in [0.717, 1.165) is 25.7 Å². The molecule has 2 N–H and O–H groups in total. The summed E-state index contributed by atoms with van der Waals surface area (Å²) in [6.07, 6.45) is 10.7. The molecule has 1 aromatic heterocycles. The SMILES string of the molecule is C[C@@H]1[C@@H](C)C/C=C/[C@](O)(c2cnccc2F)[C@@H]2CC[C@H]2CN2C[C@@]3(CCCc4cc(Cl)ccc43)COc3ccc(cc32)C(=O)NS1(=O)=O. The van der Waals surface area contributed by atoms with Crippen molar-refractivity contribution < 1.29 is 27.4 Å². The molecule has 2 aliphatic carbocycles. The summed E-state index contributed by atoms with van der Waals surface area (Å²) in [6, 6.07) is 12.4. The van der Waals surface area contributed by atoms with Crippen LogP contribution in [0.4, 0.5) is 10.1 Å². The van der Waals surface area contributed by atoms with E-state index in [1.54, 1.807) is 44.2 Å². The van der Waals surface area contributed by atoms with Crippen molar-refractivity contribution in [3.05, 3.63) is 100 Å². The minimum atomic E-state index is -4.05. The molecular formula is C37H41ClFN3O5S. The van der Waals surface area contributed by atoms with Gasteiger partial charge in [-0.15, -0.1) is 0 Å². The van der Waals surface area contributed by atoms with Crippen LogP contribution in [-0.2, 0) is 27.5 Å². The molecule has 48 heavy (non-hydrogen) atoms. The van der Waals surface area contributed by atoms with E-state index in [-0.39, 0.29) is 28.4 Å². The molecule has 2 aliphatic heterocycles. The fourth-order valence-electron chi connectivity index (χ4n) is 8.23. The standard InChI is InChI=1S/C37H41ClFN3O5S/c1-23-5-3-15-37(44,31-19-40-16-13-32(31)39)30-10-7-27(30)20-42-21-36(14-4-6-25-17-28(38)9-11-29(25)36)22-47-34-12-8-26(18-33(34)42)35(43)41-48(45,46)24(23)2/h3,8-9,11-13,15-19,23-24,27,30,44H,4-7,10,14,20-22H2,1-2H3,(H,41,43)/b15-3+/t23-,24+,27-,30+,36-,37+/m0/s1. The Bertz CT molecular complexity index is 1890. The normalized spacial score (nSPS) is 32.1. The van der Waals surface area contributed by atoms with Crippen molar-refractivity contribution in [2.45, 2.75) is 68.6 Å². The number of nitrogens with zero attached hydrogens (tertiary/aromatic N) is 2. The van der Waals surface area contributed by atoms with Gasteiger partial charge in [-0.25, -0.2) is 17.5 Å². The van der Waals surface area contributed by atoms with Gasteiger partial charge in [-0.05, 0) is 105 Å². The third-order valence-electron chi connectivity index (χ3n) is 11.3. The second-order valence-electron chi connectivity index (χ2n) is 14.2. The van der Waals surface area contributed by atoms with Crippen LogP contribution in [0, 0.1) is 23.6 Å². The van der Waals surface area contributed by atoms with E-state index in [2.05, 4.69) is 20.7 Å². The van der Waals surface area contributed by atoms with Gasteiger partial charge in [0.25, 0.3) is 5.91 Å². The number of halogens is 2. The number of anilines is 1. The molecule has 2 aromatic carbocycles. The molecule has 2 bridgehead atoms. The maximum atomic E-state index is 15.4. The minimum Gasteiger partial charge on any atom is -0.490 e. The lowest BCUT2D eigenvalue weighted by Gasteiger charge is -2.49. The van der Waals surface area contributed by atoms with Gasteiger partial charge in [0.1, 0.15) is 17.2 Å². The lowest BCUT2D eigenvalue weighted by Crippen LogP contribution is -2.51. The van der Waals surface area contributed by atoms with Crippen LogP contribution in [0.3, 0.4) is 0 Å². The fourth-order valence-corrected chi connectivity index (χ4v) is 9.71. The van der Waals surface area contributed by atoms with Crippen LogP contribution in [0.25, 0.3) is 0 Å². The highest BCUT2D eigenvalue weighted by atomic mass is 35.5. The molecule has 0 unspecified atom stereocenters. The zero-order valence-corrected chi connectivity index (χ0v) is 28.7. The quantitative estimate of drug-likeness (QED) is 0.288. The molecule has 3 heterocycles. The van der Waals surface area contributed by atoms with Gasteiger partial charge in [0.2, 0.25) is 10.0 Å². The molecule has 1 spiro atoms. The van der Waals surface area contributed by atoms with Crippen molar-refractivity contribution in [2.24, 2.45) is 17.8 Å². The second kappa shape index (κ2) is 12.4. The summed E-state index contributed by atoms with van der Waals surface area (Å²) in [4.78, 5) is 19.9. The number of benzene rings is 2. The first-order valence-electron chi connectivity index (χ1n) is 16.8. The average Bonchev–Trinajstić information content (AvgIpc) is 3.18. The van der Waals surface area contributed by atoms with Gasteiger partial charge in [-0.2, -0.15) is 0 Å². The number of allylic oxidation sites excluding steroid dienone is 1. The summed E-state index contributed by atoms with van der Waals surface area (Å²) in [7, 11) is -4.05. The number of fused-ring (bicyclic) bond motifs is 4. The molecule has 11 heteroatoms. The Hall–Kier alpha value is -3.47. The van der Waals surface area contributed by atoms with Crippen LogP contribution in [0.5, 0.6) is 5.75 Å². The first kappa shape index (κ1) is 33.0. The van der Waals surface area contributed by atoms with Gasteiger partial charge in [-0.3, -0.25) is 9.78 Å². The molecule has 7 rings (SSSR count). The molecule has 1 saturated carbocycles. The van der Waals surface area contributed by atoms with Gasteiger partial charge in [0, 0.05) is 53.0 Å². The van der Waals surface area contributed by atoms with Gasteiger partial charge in [0.15, 0.2) is 0 Å². The third kappa shape index (κ3) is 5.79. The number of rotatable bonds is 1. The number of aliphatic hydroxyl groups is 1. The zero-order chi connectivity index (χ0) is 33.8. The second-order valence-corrected chi connectivity index (χ2v) is 16.7. The number of hydrogen-bond acceptors (Lipinski definition) is 7. The van der Waals surface area contributed by atoms with E-state index in [1.807, 2.05) is 12.1 Å². The van der Waals surface area contributed by atoms with Crippen LogP contribution >= 0.6 is 11.6 Å². The molecule has 3 aromatic rings. The number of aromatic nitrogens is 1. The summed E-state index contributed by atoms with van der Waals surface area (Å²) in [5.41, 5.74) is 1.35. The van der Waals surface area contributed by atoms with E-state index < -0.39 is 38.5 Å². The van der Waals surface area contributed by atoms with Gasteiger partial charge in [-0.1, -0.05) is 36.7 Å². The van der Waals surface area contributed by atoms with Crippen molar-refractivity contribution in [2.75, 3.05) is 24.6 Å². The Morgan fingerprint density at radius 3 is 2.73 bits per heavy atom. The number of sulfonamides is 1. The van der Waals surface area contributed by atoms with Crippen LogP contribution in [0.15, 0.2) is 67.0 Å². The van der Waals surface area contributed by atoms with E-state index in [4.69, 9.17) is 16.3 Å². The van der Waals surface area contributed by atoms with Crippen LogP contribution in [-0.4, -0.2) is 49.4 Å². The molecule has 0 radical (unpaired) electrons. The predicted octanol–water partition coefficient (Wildman–Crippen LogP) is 6.31. The highest BCUT2D eigenvalue weighted by Gasteiger charge is 2.50. The van der Waals surface area contributed by atoms with Crippen molar-refractivity contribution in [1.29, 1.82) is 0 Å². The van der Waals surface area contributed by atoms with Crippen molar-refractivity contribution in [1.82, 2.24) is 9.71 Å². The number of pyridine rings is 1. The Morgan fingerprint density at radius 2 is 1.96 bits per heavy atom. The molecule has 8 nitrogen and oxygen atoms in total. The van der Waals surface area contributed by atoms with E-state index >= 15 is 4.39 Å². The average molecular weight is 694 g/mol. The highest BCUT2D eigenvalue weighted by Crippen LogP contribution is 2.51. The molecule has 1 fully saturated rings. The van der Waals surface area contributed by atoms with E-state index in [1.165, 1.54) is 29.6 Å². The minimum absolute atomic E-state index is 0.0300. The topological polar surface area (TPSA) is 109 Å². The molecule has 1 amide bonds. The number of hydrogen-bond donors (Lipinski definition) is 2. The van der Waals surface area contributed by atoms with Crippen molar-refractivity contribution >= 4 is 33.2 Å². The number of ether oxygens (including phenoxy) is 1. The fraction of sp³-hybridized carbons (Fsp3) is 0.459. The van der Waals surface area contributed by atoms with Crippen LogP contribution < -0.4 is 14.4 Å². The zero-order valence-electron chi connectivity index (χ0n) is 27.2. The number of amides is 1. The maximum Gasteiger partial charge on any atom is 0.264 e. The number of carbonyl (C=O) groups excluding carboxylic acids is 1. The molecule has 4 aliphatic rings. The summed E-state index contributed by atoms with van der Waals surface area (Å²) >= 11 is 6.42. The van der Waals surface area contributed by atoms with E-state index in [0.29, 0.717) is 49.0 Å². The number of carbonyl (C=O) groups is 1. The summed E-state index contributed by atoms with van der Waals surface area (Å²) in [5.74, 6) is -1.40. The van der Waals surface area contributed by atoms with Crippen molar-refractivity contribution in [3.63, 3.8) is 0 Å². The third-order valence-corrected chi connectivity index (χ3v) is 13.5. The summed E-state index contributed by atoms with van der Waals surface area (Å²) in [5, 5.41) is 12.2. The highest BCUT2D eigenvalue weighted by molar-refractivity contribution is 7.90. The Balaban J connectivity index is 1.36. The Kier molecular flexibility index (Phi) is 8.57. The predicted molar refractivity (Wildman–Crippen MR) is 183 cm³/mol. The maximum absolute atomic E-state index is 15.4. The van der Waals surface area contributed by atoms with Gasteiger partial charge < -0.3 is 14.7 Å². The Morgan fingerprint density at radius 1 is 1.12 bits per heavy atom. The van der Waals surface area contributed by atoms with Crippen molar-refractivity contribution in [3.8, 4) is 5.75 Å². The lowest BCUT2D eigenvalue weighted by molar-refractivity contribution is -0.0524. The van der Waals surface area contributed by atoms with Gasteiger partial charge in [0.05, 0.1) is 17.5 Å². The largest absolute Gasteiger partial charge is 0.490 e. The lowest BCUT2D eigenvalue weighted by atomic mass is 9.62. The molecule has 6 atom stereocenters. The number of aryl methyl sites for hydroxylation is 1. The first-order chi connectivity index (χ1) is 22.9. The molecule has 0 saturated heterocycles. The first-order valence-corrected chi connectivity index (χ1v) is 18.7. The number of nitrogens with one attached hydrogen (secondary N) is 1. The Labute approximate surface area is 286 Å². The van der Waals surface area contributed by atoms with Crippen LogP contribution in [0.1, 0.15) is 73.0 Å². The van der Waals surface area contributed by atoms with Gasteiger partial charge >= 0.3 is 0 Å². The summed E-state index contributed by atoms with van der Waals surface area (Å²) < 4.78 is 51.1. The molecular weight excluding hydrogens is 653 g/mol. The van der Waals surface area contributed by atoms with E-state index in [9.17, 15) is 18.3 Å². The monoisotopic (exact) mass is 693 g/mol. The summed E-state index contributed by atoms with van der Waals surface area (Å²) in [6.45, 7) is 4.85. The smallest absolute Gasteiger partial charge is 0.264 e. The molecule has 254 valence electrons.